The van der Waals surface area contributed by atoms with Gasteiger partial charge in [-0.3, -0.25) is 4.79 Å². The summed E-state index contributed by atoms with van der Waals surface area (Å²) in [6, 6.07) is 23.3. The zero-order valence-electron chi connectivity index (χ0n) is 19.6. The third kappa shape index (κ3) is 6.04. The summed E-state index contributed by atoms with van der Waals surface area (Å²) in [4.78, 5) is 15.1. The lowest BCUT2D eigenvalue weighted by atomic mass is 9.99. The molecule has 1 aliphatic heterocycles. The van der Waals surface area contributed by atoms with Crippen LogP contribution in [0.1, 0.15) is 46.5 Å². The quantitative estimate of drug-likeness (QED) is 0.514. The van der Waals surface area contributed by atoms with Crippen molar-refractivity contribution in [3.63, 3.8) is 0 Å². The molecule has 1 amide bonds. The van der Waals surface area contributed by atoms with Gasteiger partial charge in [-0.1, -0.05) is 48.5 Å². The maximum absolute atomic E-state index is 12.8. The van der Waals surface area contributed by atoms with Crippen molar-refractivity contribution in [2.45, 2.75) is 45.2 Å². The molecule has 4 rings (SSSR count). The van der Waals surface area contributed by atoms with Gasteiger partial charge in [-0.05, 0) is 66.8 Å². The molecule has 0 aliphatic carbocycles. The Kier molecular flexibility index (Phi) is 7.34. The number of hydrogen-bond acceptors (Lipinski definition) is 4. The van der Waals surface area contributed by atoms with E-state index in [2.05, 4.69) is 39.2 Å². The van der Waals surface area contributed by atoms with Crippen LogP contribution in [-0.4, -0.2) is 26.9 Å². The van der Waals surface area contributed by atoms with Gasteiger partial charge < -0.3 is 10.2 Å². The van der Waals surface area contributed by atoms with Crippen LogP contribution in [0.2, 0.25) is 0 Å². The summed E-state index contributed by atoms with van der Waals surface area (Å²) in [5.41, 5.74) is 5.89. The van der Waals surface area contributed by atoms with E-state index in [1.54, 1.807) is 19.9 Å². The Morgan fingerprint density at radius 3 is 2.26 bits per heavy atom. The van der Waals surface area contributed by atoms with Gasteiger partial charge in [0.1, 0.15) is 0 Å². The molecule has 1 aliphatic rings. The number of nitrogens with zero attached hydrogens (tertiary/aromatic N) is 1. The Bertz CT molecular complexity index is 1250. The van der Waals surface area contributed by atoms with Crippen LogP contribution < -0.4 is 14.9 Å². The largest absolute Gasteiger partial charge is 0.367 e. The standard InChI is InChI=1S/C27H31N3O3S/c1-20(2)29-34(32,33)19-25-10-6-4-8-23(25)17-28-27(31)22-11-13-26(14-12-22)30-16-15-21-7-3-5-9-24(21)18-30/h3-14,20,29H,15-19H2,1-2H3,(H,28,31). The third-order valence-corrected chi connectivity index (χ3v) is 7.47. The number of anilines is 1. The number of carbonyl (C=O) groups is 1. The molecule has 0 atom stereocenters. The van der Waals surface area contributed by atoms with Crippen LogP contribution >= 0.6 is 0 Å². The molecule has 1 heterocycles. The Balaban J connectivity index is 1.38. The summed E-state index contributed by atoms with van der Waals surface area (Å²) >= 11 is 0. The van der Waals surface area contributed by atoms with E-state index in [1.807, 2.05) is 42.5 Å². The van der Waals surface area contributed by atoms with Crippen molar-refractivity contribution < 1.29 is 13.2 Å². The minimum atomic E-state index is -3.45. The molecule has 0 saturated carbocycles. The molecule has 0 radical (unpaired) electrons. The molecule has 3 aromatic rings. The predicted octanol–water partition coefficient (Wildman–Crippen LogP) is 4.01. The van der Waals surface area contributed by atoms with E-state index >= 15 is 0 Å². The molecule has 7 heteroatoms. The van der Waals surface area contributed by atoms with Crippen LogP contribution in [0, 0.1) is 0 Å². The van der Waals surface area contributed by atoms with Crippen LogP contribution in [0.5, 0.6) is 0 Å². The van der Waals surface area contributed by atoms with E-state index in [1.165, 1.54) is 11.1 Å². The maximum atomic E-state index is 12.8. The van der Waals surface area contributed by atoms with Crippen molar-refractivity contribution in [2.75, 3.05) is 11.4 Å². The predicted molar refractivity (Wildman–Crippen MR) is 136 cm³/mol. The molecular weight excluding hydrogens is 446 g/mol. The van der Waals surface area contributed by atoms with E-state index in [-0.39, 0.29) is 24.2 Å². The Morgan fingerprint density at radius 1 is 0.912 bits per heavy atom. The minimum absolute atomic E-state index is 0.120. The average Bonchev–Trinajstić information content (AvgIpc) is 2.82. The fourth-order valence-corrected chi connectivity index (χ4v) is 5.79. The van der Waals surface area contributed by atoms with Gasteiger partial charge in [0, 0.05) is 36.9 Å². The Labute approximate surface area is 202 Å². The second-order valence-corrected chi connectivity index (χ2v) is 10.7. The van der Waals surface area contributed by atoms with Gasteiger partial charge in [0.15, 0.2) is 0 Å². The van der Waals surface area contributed by atoms with Gasteiger partial charge in [-0.25, -0.2) is 13.1 Å². The van der Waals surface area contributed by atoms with E-state index in [4.69, 9.17) is 0 Å². The van der Waals surface area contributed by atoms with Crippen LogP contribution in [0.3, 0.4) is 0 Å². The van der Waals surface area contributed by atoms with Crippen molar-refractivity contribution in [3.05, 3.63) is 101 Å². The maximum Gasteiger partial charge on any atom is 0.251 e. The second-order valence-electron chi connectivity index (χ2n) is 8.97. The van der Waals surface area contributed by atoms with Crippen molar-refractivity contribution in [1.29, 1.82) is 0 Å². The van der Waals surface area contributed by atoms with Gasteiger partial charge in [-0.15, -0.1) is 0 Å². The Morgan fingerprint density at radius 2 is 1.56 bits per heavy atom. The number of sulfonamides is 1. The number of rotatable bonds is 8. The molecule has 0 bridgehead atoms. The molecule has 0 spiro atoms. The first kappa shape index (κ1) is 24.0. The summed E-state index contributed by atoms with van der Waals surface area (Å²) in [5, 5.41) is 2.93. The first-order chi connectivity index (χ1) is 16.3. The molecule has 34 heavy (non-hydrogen) atoms. The molecule has 2 N–H and O–H groups in total. The van der Waals surface area contributed by atoms with Crippen molar-refractivity contribution in [3.8, 4) is 0 Å². The average molecular weight is 478 g/mol. The Hall–Kier alpha value is -3.16. The van der Waals surface area contributed by atoms with Crippen molar-refractivity contribution in [1.82, 2.24) is 10.0 Å². The summed E-state index contributed by atoms with van der Waals surface area (Å²) in [6.07, 6.45) is 1.01. The fourth-order valence-electron chi connectivity index (χ4n) is 4.29. The van der Waals surface area contributed by atoms with E-state index in [0.717, 1.165) is 30.8 Å². The van der Waals surface area contributed by atoms with Gasteiger partial charge >= 0.3 is 0 Å². The first-order valence-corrected chi connectivity index (χ1v) is 13.2. The lowest BCUT2D eigenvalue weighted by molar-refractivity contribution is 0.0951. The third-order valence-electron chi connectivity index (χ3n) is 5.94. The lowest BCUT2D eigenvalue weighted by Gasteiger charge is -2.30. The zero-order chi connectivity index (χ0) is 24.1. The zero-order valence-corrected chi connectivity index (χ0v) is 20.4. The van der Waals surface area contributed by atoms with Gasteiger partial charge in [-0.2, -0.15) is 0 Å². The number of amides is 1. The van der Waals surface area contributed by atoms with Gasteiger partial charge in [0.25, 0.3) is 5.91 Å². The van der Waals surface area contributed by atoms with Crippen LogP contribution in [0.15, 0.2) is 72.8 Å². The van der Waals surface area contributed by atoms with Gasteiger partial charge in [0.2, 0.25) is 10.0 Å². The normalized spacial score (nSPS) is 13.6. The lowest BCUT2D eigenvalue weighted by Crippen LogP contribution is -2.32. The molecule has 0 fully saturated rings. The number of hydrogen-bond donors (Lipinski definition) is 2. The number of benzene rings is 3. The molecule has 3 aromatic carbocycles. The van der Waals surface area contributed by atoms with Gasteiger partial charge in [0.05, 0.1) is 5.75 Å². The SMILES string of the molecule is CC(C)NS(=O)(=O)Cc1ccccc1CNC(=O)c1ccc(N2CCc3ccccc3C2)cc1. The molecule has 0 unspecified atom stereocenters. The molecule has 178 valence electrons. The topological polar surface area (TPSA) is 78.5 Å². The van der Waals surface area contributed by atoms with Crippen molar-refractivity contribution >= 4 is 21.6 Å². The van der Waals surface area contributed by atoms with E-state index in [9.17, 15) is 13.2 Å². The highest BCUT2D eigenvalue weighted by Gasteiger charge is 2.18. The summed E-state index contributed by atoms with van der Waals surface area (Å²) < 4.78 is 27.3. The number of nitrogens with one attached hydrogen (secondary N) is 2. The van der Waals surface area contributed by atoms with Crippen molar-refractivity contribution in [2.24, 2.45) is 0 Å². The minimum Gasteiger partial charge on any atom is -0.367 e. The van der Waals surface area contributed by atoms with Crippen LogP contribution in [0.4, 0.5) is 5.69 Å². The summed E-state index contributed by atoms with van der Waals surface area (Å²) in [5.74, 6) is -0.307. The smallest absolute Gasteiger partial charge is 0.251 e. The fraction of sp³-hybridized carbons (Fsp3) is 0.296. The molecule has 0 saturated heterocycles. The molecule has 6 nitrogen and oxygen atoms in total. The van der Waals surface area contributed by atoms with E-state index in [0.29, 0.717) is 11.1 Å². The van der Waals surface area contributed by atoms with E-state index < -0.39 is 10.0 Å². The first-order valence-electron chi connectivity index (χ1n) is 11.6. The van der Waals surface area contributed by atoms with Crippen LogP contribution in [-0.2, 0) is 35.3 Å². The molecule has 0 aromatic heterocycles. The van der Waals surface area contributed by atoms with Crippen LogP contribution in [0.25, 0.3) is 0 Å². The second kappa shape index (κ2) is 10.4. The number of carbonyl (C=O) groups excluding carboxylic acids is 1. The highest BCUT2D eigenvalue weighted by molar-refractivity contribution is 7.88. The monoisotopic (exact) mass is 477 g/mol. The number of fused-ring (bicyclic) bond motifs is 1. The summed E-state index contributed by atoms with van der Waals surface area (Å²) in [6.45, 7) is 5.66. The summed E-state index contributed by atoms with van der Waals surface area (Å²) in [7, 11) is -3.45. The highest BCUT2D eigenvalue weighted by atomic mass is 32.2. The molecular formula is C27H31N3O3S. The highest BCUT2D eigenvalue weighted by Crippen LogP contribution is 2.24.